The molecule has 0 saturated heterocycles. The minimum absolute atomic E-state index is 0.188. The van der Waals surface area contributed by atoms with E-state index in [1.165, 1.54) is 17.5 Å². The number of anilines is 1. The monoisotopic (exact) mass is 280 g/mol. The van der Waals surface area contributed by atoms with Crippen molar-refractivity contribution in [1.29, 1.82) is 0 Å². The summed E-state index contributed by atoms with van der Waals surface area (Å²) in [6, 6.07) is 15.6. The van der Waals surface area contributed by atoms with E-state index in [2.05, 4.69) is 17.4 Å². The lowest BCUT2D eigenvalue weighted by atomic mass is 9.92. The van der Waals surface area contributed by atoms with Crippen LogP contribution in [-0.4, -0.2) is 5.91 Å². The summed E-state index contributed by atoms with van der Waals surface area (Å²) in [5.41, 5.74) is 9.56. The van der Waals surface area contributed by atoms with Crippen molar-refractivity contribution < 1.29 is 4.79 Å². The molecule has 0 bridgehead atoms. The first-order valence-electron chi connectivity index (χ1n) is 7.35. The molecule has 3 N–H and O–H groups in total. The molecule has 0 spiro atoms. The summed E-state index contributed by atoms with van der Waals surface area (Å²) < 4.78 is 0. The first kappa shape index (κ1) is 13.8. The second kappa shape index (κ2) is 5.34. The van der Waals surface area contributed by atoms with Gasteiger partial charge in [-0.3, -0.25) is 4.79 Å². The normalized spacial score (nSPS) is 16.1. The van der Waals surface area contributed by atoms with Gasteiger partial charge in [0.15, 0.2) is 0 Å². The standard InChI is InChI=1S/C18H20N2O/c1-18(19,15-8-3-2-4-9-15)17(21)20-16-11-10-13-6-5-7-14(13)12-16/h2-4,8-12H,5-7,19H2,1H3,(H,20,21). The van der Waals surface area contributed by atoms with E-state index in [9.17, 15) is 4.79 Å². The Morgan fingerprint density at radius 2 is 1.81 bits per heavy atom. The fraction of sp³-hybridized carbons (Fsp3) is 0.278. The number of nitrogens with one attached hydrogen (secondary N) is 1. The Kier molecular flexibility index (Phi) is 3.52. The zero-order chi connectivity index (χ0) is 14.9. The predicted molar refractivity (Wildman–Crippen MR) is 85.1 cm³/mol. The zero-order valence-electron chi connectivity index (χ0n) is 12.2. The SMILES string of the molecule is CC(N)(C(=O)Nc1ccc2c(c1)CCC2)c1ccccc1. The number of benzene rings is 2. The molecule has 1 atom stereocenters. The second-order valence-corrected chi connectivity index (χ2v) is 5.86. The van der Waals surface area contributed by atoms with Gasteiger partial charge in [0, 0.05) is 5.69 Å². The van der Waals surface area contributed by atoms with Crippen molar-refractivity contribution in [3.05, 3.63) is 65.2 Å². The number of fused-ring (bicyclic) bond motifs is 1. The van der Waals surface area contributed by atoms with Gasteiger partial charge in [-0.2, -0.15) is 0 Å². The quantitative estimate of drug-likeness (QED) is 0.908. The van der Waals surface area contributed by atoms with E-state index in [0.29, 0.717) is 0 Å². The van der Waals surface area contributed by atoms with Crippen LogP contribution in [0.3, 0.4) is 0 Å². The summed E-state index contributed by atoms with van der Waals surface area (Å²) in [7, 11) is 0. The number of carbonyl (C=O) groups excluding carboxylic acids is 1. The molecule has 2 aromatic carbocycles. The first-order valence-corrected chi connectivity index (χ1v) is 7.35. The van der Waals surface area contributed by atoms with Crippen molar-refractivity contribution in [2.75, 3.05) is 5.32 Å². The van der Waals surface area contributed by atoms with Crippen molar-refractivity contribution >= 4 is 11.6 Å². The van der Waals surface area contributed by atoms with Crippen LogP contribution in [-0.2, 0) is 23.2 Å². The van der Waals surface area contributed by atoms with Crippen molar-refractivity contribution in [3.8, 4) is 0 Å². The molecule has 0 aromatic heterocycles. The molecule has 1 unspecified atom stereocenters. The number of rotatable bonds is 3. The van der Waals surface area contributed by atoms with Gasteiger partial charge >= 0.3 is 0 Å². The maximum atomic E-state index is 12.5. The van der Waals surface area contributed by atoms with Crippen LogP contribution in [0.15, 0.2) is 48.5 Å². The molecule has 0 aliphatic heterocycles. The van der Waals surface area contributed by atoms with E-state index in [-0.39, 0.29) is 5.91 Å². The topological polar surface area (TPSA) is 55.1 Å². The van der Waals surface area contributed by atoms with Crippen LogP contribution in [0.4, 0.5) is 5.69 Å². The van der Waals surface area contributed by atoms with Crippen LogP contribution in [0.25, 0.3) is 0 Å². The molecule has 1 amide bonds. The molecule has 0 radical (unpaired) electrons. The molecule has 0 saturated carbocycles. The summed E-state index contributed by atoms with van der Waals surface area (Å²) >= 11 is 0. The average Bonchev–Trinajstić information content (AvgIpc) is 2.95. The van der Waals surface area contributed by atoms with Crippen molar-refractivity contribution in [1.82, 2.24) is 0 Å². The molecule has 1 aliphatic carbocycles. The Hall–Kier alpha value is -2.13. The number of hydrogen-bond donors (Lipinski definition) is 2. The van der Waals surface area contributed by atoms with E-state index in [1.54, 1.807) is 6.92 Å². The largest absolute Gasteiger partial charge is 0.324 e. The highest BCUT2D eigenvalue weighted by Gasteiger charge is 2.30. The third kappa shape index (κ3) is 2.69. The van der Waals surface area contributed by atoms with Crippen LogP contribution in [0.2, 0.25) is 0 Å². The van der Waals surface area contributed by atoms with Crippen LogP contribution in [0.1, 0.15) is 30.0 Å². The number of carbonyl (C=O) groups is 1. The first-order chi connectivity index (χ1) is 10.1. The number of hydrogen-bond acceptors (Lipinski definition) is 2. The van der Waals surface area contributed by atoms with Crippen molar-refractivity contribution in [2.24, 2.45) is 5.73 Å². The highest BCUT2D eigenvalue weighted by molar-refractivity contribution is 5.98. The van der Waals surface area contributed by atoms with Crippen LogP contribution in [0, 0.1) is 0 Å². The van der Waals surface area contributed by atoms with Crippen LogP contribution < -0.4 is 11.1 Å². The Labute approximate surface area is 125 Å². The van der Waals surface area contributed by atoms with Gasteiger partial charge in [0.1, 0.15) is 5.54 Å². The van der Waals surface area contributed by atoms with Crippen LogP contribution in [0.5, 0.6) is 0 Å². The van der Waals surface area contributed by atoms with Gasteiger partial charge in [0.05, 0.1) is 0 Å². The molecule has 1 aliphatic rings. The van der Waals surface area contributed by atoms with Crippen molar-refractivity contribution in [2.45, 2.75) is 31.7 Å². The minimum Gasteiger partial charge on any atom is -0.324 e. The van der Waals surface area contributed by atoms with Gasteiger partial charge in [-0.05, 0) is 55.0 Å². The summed E-state index contributed by atoms with van der Waals surface area (Å²) in [4.78, 5) is 12.5. The molecule has 3 nitrogen and oxygen atoms in total. The van der Waals surface area contributed by atoms with E-state index in [0.717, 1.165) is 24.1 Å². The third-order valence-electron chi connectivity index (χ3n) is 4.20. The Balaban J connectivity index is 1.80. The van der Waals surface area contributed by atoms with Crippen LogP contribution >= 0.6 is 0 Å². The van der Waals surface area contributed by atoms with E-state index in [4.69, 9.17) is 5.73 Å². The Morgan fingerprint density at radius 3 is 2.57 bits per heavy atom. The lowest BCUT2D eigenvalue weighted by Gasteiger charge is -2.24. The molecule has 3 heteroatoms. The van der Waals surface area contributed by atoms with E-state index < -0.39 is 5.54 Å². The number of nitrogens with two attached hydrogens (primary N) is 1. The molecule has 3 rings (SSSR count). The highest BCUT2D eigenvalue weighted by Crippen LogP contribution is 2.26. The Bertz CT molecular complexity index is 662. The summed E-state index contributed by atoms with van der Waals surface area (Å²) in [5, 5.41) is 2.95. The van der Waals surface area contributed by atoms with Gasteiger partial charge in [-0.15, -0.1) is 0 Å². The zero-order valence-corrected chi connectivity index (χ0v) is 12.2. The predicted octanol–water partition coefficient (Wildman–Crippen LogP) is 2.99. The van der Waals surface area contributed by atoms with Gasteiger partial charge in [-0.25, -0.2) is 0 Å². The summed E-state index contributed by atoms with van der Waals surface area (Å²) in [6.07, 6.45) is 3.44. The summed E-state index contributed by atoms with van der Waals surface area (Å²) in [6.45, 7) is 1.74. The van der Waals surface area contributed by atoms with Gasteiger partial charge in [0.2, 0.25) is 5.91 Å². The fourth-order valence-electron chi connectivity index (χ4n) is 2.83. The molecule has 108 valence electrons. The van der Waals surface area contributed by atoms with Gasteiger partial charge in [0.25, 0.3) is 0 Å². The number of amides is 1. The maximum absolute atomic E-state index is 12.5. The number of aryl methyl sites for hydroxylation is 2. The summed E-state index contributed by atoms with van der Waals surface area (Å²) in [5.74, 6) is -0.188. The van der Waals surface area contributed by atoms with Gasteiger partial charge < -0.3 is 11.1 Å². The average molecular weight is 280 g/mol. The Morgan fingerprint density at radius 1 is 1.10 bits per heavy atom. The molecule has 2 aromatic rings. The maximum Gasteiger partial charge on any atom is 0.248 e. The molecule has 0 fully saturated rings. The lowest BCUT2D eigenvalue weighted by molar-refractivity contribution is -0.120. The lowest BCUT2D eigenvalue weighted by Crippen LogP contribution is -2.45. The fourth-order valence-corrected chi connectivity index (χ4v) is 2.83. The van der Waals surface area contributed by atoms with Crippen molar-refractivity contribution in [3.63, 3.8) is 0 Å². The van der Waals surface area contributed by atoms with E-state index >= 15 is 0 Å². The molecule has 21 heavy (non-hydrogen) atoms. The molecule has 0 heterocycles. The van der Waals surface area contributed by atoms with Gasteiger partial charge in [-0.1, -0.05) is 36.4 Å². The minimum atomic E-state index is -1.04. The third-order valence-corrected chi connectivity index (χ3v) is 4.20. The second-order valence-electron chi connectivity index (χ2n) is 5.86. The highest BCUT2D eigenvalue weighted by atomic mass is 16.2. The molecular formula is C18H20N2O. The smallest absolute Gasteiger partial charge is 0.248 e. The molecular weight excluding hydrogens is 260 g/mol. The van der Waals surface area contributed by atoms with E-state index in [1.807, 2.05) is 36.4 Å².